The first-order chi connectivity index (χ1) is 2.00. The van der Waals surface area contributed by atoms with Gasteiger partial charge in [-0.2, -0.15) is 0 Å². The molecule has 0 bridgehead atoms. The van der Waals surface area contributed by atoms with Crippen molar-refractivity contribution in [2.24, 2.45) is 0 Å². The van der Waals surface area contributed by atoms with Crippen molar-refractivity contribution in [3.63, 3.8) is 0 Å². The van der Waals surface area contributed by atoms with Gasteiger partial charge in [0, 0.05) is 32.7 Å². The van der Waals surface area contributed by atoms with Gasteiger partial charge in [0.05, 0.1) is 0 Å². The molecule has 0 aliphatic heterocycles. The van der Waals surface area contributed by atoms with Gasteiger partial charge >= 0.3 is 7.82 Å². The molecule has 0 fully saturated rings. The van der Waals surface area contributed by atoms with E-state index in [0.29, 0.717) is 0 Å². The van der Waals surface area contributed by atoms with Crippen LogP contribution in [0.15, 0.2) is 0 Å². The van der Waals surface area contributed by atoms with Crippen LogP contribution in [-0.4, -0.2) is 20.2 Å². The topological polar surface area (TPSA) is 109 Å². The summed E-state index contributed by atoms with van der Waals surface area (Å²) in [6.07, 6.45) is 0. The van der Waals surface area contributed by atoms with Crippen LogP contribution in [0.5, 0.6) is 0 Å². The van der Waals surface area contributed by atoms with Crippen LogP contribution in [0.25, 0.3) is 0 Å². The molecule has 0 saturated heterocycles. The van der Waals surface area contributed by atoms with E-state index in [2.05, 4.69) is 0 Å². The van der Waals surface area contributed by atoms with Crippen molar-refractivity contribution in [3.05, 3.63) is 0 Å². The number of phosphoric acid groups is 1. The first-order valence-corrected chi connectivity index (χ1v) is 2.35. The maximum atomic E-state index is 8.88. The van der Waals surface area contributed by atoms with Gasteiger partial charge in [-0.25, -0.2) is 4.57 Å². The molecule has 0 rings (SSSR count). The minimum atomic E-state index is -4.64. The zero-order chi connectivity index (χ0) is 4.50. The zero-order valence-electron chi connectivity index (χ0n) is 3.27. The first-order valence-electron chi connectivity index (χ1n) is 0.783. The molecule has 7 heavy (non-hydrogen) atoms. The maximum Gasteiger partial charge on any atom is 0.466 e. The smallest absolute Gasteiger partial charge is 0.412 e. The molecular formula is H5O5PY. The van der Waals surface area contributed by atoms with Gasteiger partial charge in [0.2, 0.25) is 0 Å². The first kappa shape index (κ1) is 15.7. The summed E-state index contributed by atoms with van der Waals surface area (Å²) in [6.45, 7) is 0. The van der Waals surface area contributed by atoms with Crippen molar-refractivity contribution in [1.29, 1.82) is 0 Å². The van der Waals surface area contributed by atoms with Crippen LogP contribution in [0, 0.1) is 0 Å². The van der Waals surface area contributed by atoms with E-state index in [9.17, 15) is 0 Å². The fourth-order valence-electron chi connectivity index (χ4n) is 0. The predicted octanol–water partition coefficient (Wildman–Crippen LogP) is -1.76. The SMILES string of the molecule is O.O=P(O)(O)O.[Y]. The molecule has 0 aliphatic rings. The molecule has 0 aromatic heterocycles. The van der Waals surface area contributed by atoms with Crippen molar-refractivity contribution >= 4 is 7.82 Å². The molecule has 0 amide bonds. The summed E-state index contributed by atoms with van der Waals surface area (Å²) in [6, 6.07) is 0. The second-order valence-electron chi connectivity index (χ2n) is 0.513. The molecule has 0 aromatic carbocycles. The molecule has 5 nitrogen and oxygen atoms in total. The average Bonchev–Trinajstić information content (AvgIpc) is 0.722. The minimum Gasteiger partial charge on any atom is -0.412 e. The van der Waals surface area contributed by atoms with Crippen molar-refractivity contribution in [2.75, 3.05) is 0 Å². The van der Waals surface area contributed by atoms with E-state index in [-0.39, 0.29) is 38.2 Å². The van der Waals surface area contributed by atoms with E-state index < -0.39 is 7.82 Å². The van der Waals surface area contributed by atoms with Crippen molar-refractivity contribution in [1.82, 2.24) is 0 Å². The normalized spacial score (nSPS) is 8.43. The Morgan fingerprint density at radius 3 is 1.14 bits per heavy atom. The van der Waals surface area contributed by atoms with Gasteiger partial charge in [0.15, 0.2) is 0 Å². The second kappa shape index (κ2) is 5.31. The molecule has 0 spiro atoms. The summed E-state index contributed by atoms with van der Waals surface area (Å²) in [4.78, 5) is 21.6. The fraction of sp³-hybridized carbons (Fsp3) is 0. The van der Waals surface area contributed by atoms with Crippen LogP contribution in [-0.2, 0) is 37.3 Å². The van der Waals surface area contributed by atoms with Gasteiger partial charge in [-0.1, -0.05) is 0 Å². The molecule has 43 valence electrons. The largest absolute Gasteiger partial charge is 0.466 e. The van der Waals surface area contributed by atoms with Crippen molar-refractivity contribution in [2.45, 2.75) is 0 Å². The molecule has 5 N–H and O–H groups in total. The van der Waals surface area contributed by atoms with Crippen LogP contribution in [0.2, 0.25) is 0 Å². The third-order valence-corrected chi connectivity index (χ3v) is 0. The summed E-state index contributed by atoms with van der Waals surface area (Å²) in [5.41, 5.74) is 0. The molecule has 0 aliphatic carbocycles. The van der Waals surface area contributed by atoms with Gasteiger partial charge < -0.3 is 20.2 Å². The molecule has 0 heterocycles. The molecular weight excluding hydrogens is 200 g/mol. The fourth-order valence-corrected chi connectivity index (χ4v) is 0. The van der Waals surface area contributed by atoms with Gasteiger partial charge in [0.1, 0.15) is 0 Å². The predicted molar refractivity (Wildman–Crippen MR) is 17.9 cm³/mol. The molecule has 1 radical (unpaired) electrons. The Balaban J connectivity index is -0.0000000800. The van der Waals surface area contributed by atoms with Crippen LogP contribution >= 0.6 is 7.82 Å². The van der Waals surface area contributed by atoms with Crippen LogP contribution in [0.1, 0.15) is 0 Å². The Labute approximate surface area is 65.2 Å². The summed E-state index contributed by atoms with van der Waals surface area (Å²) in [5, 5.41) is 0. The summed E-state index contributed by atoms with van der Waals surface area (Å²) >= 11 is 0. The van der Waals surface area contributed by atoms with Crippen molar-refractivity contribution in [3.8, 4) is 0 Å². The van der Waals surface area contributed by atoms with Crippen LogP contribution in [0.4, 0.5) is 0 Å². The van der Waals surface area contributed by atoms with Crippen LogP contribution in [0.3, 0.4) is 0 Å². The second-order valence-corrected chi connectivity index (χ2v) is 1.54. The molecule has 0 aromatic rings. The zero-order valence-corrected chi connectivity index (χ0v) is 7.01. The molecule has 0 atom stereocenters. The Kier molecular flexibility index (Phi) is 11.9. The quantitative estimate of drug-likeness (QED) is 0.407. The minimum absolute atomic E-state index is 0. The van der Waals surface area contributed by atoms with E-state index in [0.717, 1.165) is 0 Å². The van der Waals surface area contributed by atoms with Gasteiger partial charge in [-0.15, -0.1) is 0 Å². The Morgan fingerprint density at radius 1 is 1.14 bits per heavy atom. The third kappa shape index (κ3) is 139. The van der Waals surface area contributed by atoms with Crippen LogP contribution < -0.4 is 0 Å². The molecule has 7 heteroatoms. The van der Waals surface area contributed by atoms with Gasteiger partial charge in [-0.05, 0) is 0 Å². The Hall–Kier alpha value is 1.17. The van der Waals surface area contributed by atoms with E-state index in [1.807, 2.05) is 0 Å². The Bertz CT molecular complexity index is 54.2. The third-order valence-electron chi connectivity index (χ3n) is 0. The maximum absolute atomic E-state index is 8.88. The molecule has 0 unspecified atom stereocenters. The monoisotopic (exact) mass is 205 g/mol. The summed E-state index contributed by atoms with van der Waals surface area (Å²) in [7, 11) is -4.64. The summed E-state index contributed by atoms with van der Waals surface area (Å²) in [5.74, 6) is 0. The average molecular weight is 205 g/mol. The number of rotatable bonds is 0. The summed E-state index contributed by atoms with van der Waals surface area (Å²) < 4.78 is 8.88. The van der Waals surface area contributed by atoms with E-state index in [1.165, 1.54) is 0 Å². The standard InChI is InChI=1S/H3O4P.H2O.Y/c1-5(2,3)4;;/h(H3,1,2,3,4);1H2;. The number of hydrogen-bond acceptors (Lipinski definition) is 1. The molecule has 0 saturated carbocycles. The van der Waals surface area contributed by atoms with Gasteiger partial charge in [-0.3, -0.25) is 0 Å². The van der Waals surface area contributed by atoms with E-state index in [4.69, 9.17) is 19.2 Å². The number of hydrogen-bond donors (Lipinski definition) is 3. The van der Waals surface area contributed by atoms with E-state index >= 15 is 0 Å². The van der Waals surface area contributed by atoms with Gasteiger partial charge in [0.25, 0.3) is 0 Å². The van der Waals surface area contributed by atoms with Crippen molar-refractivity contribution < 1.29 is 57.4 Å². The van der Waals surface area contributed by atoms with E-state index in [1.54, 1.807) is 0 Å². The Morgan fingerprint density at radius 2 is 1.14 bits per heavy atom.